The molecule has 1 saturated carbocycles. The second-order valence-corrected chi connectivity index (χ2v) is 8.07. The van der Waals surface area contributed by atoms with Gasteiger partial charge in [-0.3, -0.25) is 9.69 Å². The predicted octanol–water partition coefficient (Wildman–Crippen LogP) is 5.50. The Kier molecular flexibility index (Phi) is 4.40. The number of rotatable bonds is 4. The number of phenols is 1. The van der Waals surface area contributed by atoms with E-state index < -0.39 is 5.97 Å². The zero-order valence-corrected chi connectivity index (χ0v) is 17.0. The fourth-order valence-electron chi connectivity index (χ4n) is 4.27. The third-order valence-corrected chi connectivity index (χ3v) is 6.00. The number of carbonyl (C=O) groups excluding carboxylic acids is 1. The van der Waals surface area contributed by atoms with E-state index in [1.54, 1.807) is 6.07 Å². The molecule has 3 aromatic rings. The van der Waals surface area contributed by atoms with E-state index in [0.29, 0.717) is 22.9 Å². The van der Waals surface area contributed by atoms with Crippen LogP contribution in [0.25, 0.3) is 11.6 Å². The molecule has 0 unspecified atom stereocenters. The Labute approximate surface area is 179 Å². The van der Waals surface area contributed by atoms with Crippen LogP contribution < -0.4 is 4.90 Å². The number of hydrogen-bond donors (Lipinski definition) is 2. The van der Waals surface area contributed by atoms with Crippen LogP contribution in [0.2, 0.25) is 0 Å². The minimum Gasteiger partial charge on any atom is -0.507 e. The van der Waals surface area contributed by atoms with E-state index in [2.05, 4.69) is 25.1 Å². The molecule has 2 aliphatic rings. The smallest absolute Gasteiger partial charge is 0.339 e. The van der Waals surface area contributed by atoms with Gasteiger partial charge in [0.25, 0.3) is 5.91 Å². The maximum absolute atomic E-state index is 13.6. The molecule has 5 heteroatoms. The topological polar surface area (TPSA) is 77.8 Å². The van der Waals surface area contributed by atoms with Gasteiger partial charge in [-0.25, -0.2) is 4.79 Å². The molecule has 1 heterocycles. The zero-order chi connectivity index (χ0) is 21.7. The molecule has 0 saturated heterocycles. The molecule has 0 radical (unpaired) electrons. The monoisotopic (exact) mass is 411 g/mol. The highest BCUT2D eigenvalue weighted by molar-refractivity contribution is 6.38. The van der Waals surface area contributed by atoms with E-state index in [0.717, 1.165) is 16.7 Å². The number of para-hydroxylation sites is 1. The van der Waals surface area contributed by atoms with Crippen molar-refractivity contribution in [3.8, 4) is 5.75 Å². The van der Waals surface area contributed by atoms with Gasteiger partial charge in [-0.15, -0.1) is 0 Å². The van der Waals surface area contributed by atoms with Gasteiger partial charge >= 0.3 is 5.97 Å². The maximum Gasteiger partial charge on any atom is 0.339 e. The van der Waals surface area contributed by atoms with Crippen molar-refractivity contribution in [3.05, 3.63) is 88.5 Å². The number of benzene rings is 3. The molecule has 3 aromatic carbocycles. The minimum absolute atomic E-state index is 0.200. The lowest BCUT2D eigenvalue weighted by atomic mass is 9.95. The van der Waals surface area contributed by atoms with Crippen molar-refractivity contribution >= 4 is 34.9 Å². The van der Waals surface area contributed by atoms with Crippen molar-refractivity contribution < 1.29 is 19.8 Å². The molecule has 1 fully saturated rings. The third-order valence-electron chi connectivity index (χ3n) is 6.00. The number of aryl methyl sites for hydroxylation is 1. The van der Waals surface area contributed by atoms with Gasteiger partial charge in [0.2, 0.25) is 0 Å². The molecule has 154 valence electrons. The lowest BCUT2D eigenvalue weighted by Gasteiger charge is -2.18. The van der Waals surface area contributed by atoms with Gasteiger partial charge in [0, 0.05) is 11.6 Å². The summed E-state index contributed by atoms with van der Waals surface area (Å²) in [5, 5.41) is 19.4. The standard InChI is InChI=1S/C26H21NO4/c1-15-5-4-7-18(16-9-10-16)21(15)14-22-19-6-2-3-8-23(19)27(25(22)29)17-11-12-20(26(30)31)24(28)13-17/h2-8,11-14,16,28H,9-10H2,1H3,(H,30,31)/b22-14-. The highest BCUT2D eigenvalue weighted by Gasteiger charge is 2.34. The number of nitrogens with zero attached hydrogens (tertiary/aromatic N) is 1. The number of aromatic hydroxyl groups is 1. The molecular weight excluding hydrogens is 390 g/mol. The minimum atomic E-state index is -1.22. The Hall–Kier alpha value is -3.86. The lowest BCUT2D eigenvalue weighted by Crippen LogP contribution is -2.20. The van der Waals surface area contributed by atoms with Gasteiger partial charge < -0.3 is 10.2 Å². The molecule has 2 N–H and O–H groups in total. The van der Waals surface area contributed by atoms with Crippen LogP contribution >= 0.6 is 0 Å². The number of amides is 1. The van der Waals surface area contributed by atoms with Crippen molar-refractivity contribution in [1.29, 1.82) is 0 Å². The largest absolute Gasteiger partial charge is 0.507 e. The summed E-state index contributed by atoms with van der Waals surface area (Å²) in [5.74, 6) is -1.24. The van der Waals surface area contributed by atoms with Crippen molar-refractivity contribution in [2.75, 3.05) is 4.90 Å². The van der Waals surface area contributed by atoms with Crippen LogP contribution in [0.15, 0.2) is 60.7 Å². The molecule has 31 heavy (non-hydrogen) atoms. The van der Waals surface area contributed by atoms with E-state index in [1.165, 1.54) is 35.4 Å². The average Bonchev–Trinajstić information content (AvgIpc) is 3.54. The first-order chi connectivity index (χ1) is 15.0. The second-order valence-electron chi connectivity index (χ2n) is 8.07. The van der Waals surface area contributed by atoms with Crippen LogP contribution in [-0.4, -0.2) is 22.1 Å². The lowest BCUT2D eigenvalue weighted by molar-refractivity contribution is -0.112. The van der Waals surface area contributed by atoms with Gasteiger partial charge in [0.15, 0.2) is 0 Å². The third kappa shape index (κ3) is 3.19. The molecule has 1 aliphatic carbocycles. The summed E-state index contributed by atoms with van der Waals surface area (Å²) >= 11 is 0. The average molecular weight is 411 g/mol. The molecule has 1 amide bonds. The van der Waals surface area contributed by atoms with Gasteiger partial charge in [-0.2, -0.15) is 0 Å². The van der Waals surface area contributed by atoms with Crippen molar-refractivity contribution in [2.45, 2.75) is 25.7 Å². The van der Waals surface area contributed by atoms with E-state index in [4.69, 9.17) is 0 Å². The summed E-state index contributed by atoms with van der Waals surface area (Å²) < 4.78 is 0. The molecule has 5 rings (SSSR count). The van der Waals surface area contributed by atoms with Crippen LogP contribution in [0.5, 0.6) is 5.75 Å². The van der Waals surface area contributed by atoms with E-state index in [9.17, 15) is 19.8 Å². The molecule has 0 aromatic heterocycles. The molecule has 0 bridgehead atoms. The number of anilines is 2. The highest BCUT2D eigenvalue weighted by atomic mass is 16.4. The molecule has 1 aliphatic heterocycles. The Balaban J connectivity index is 1.65. The number of hydrogen-bond acceptors (Lipinski definition) is 3. The van der Waals surface area contributed by atoms with Crippen LogP contribution in [-0.2, 0) is 4.79 Å². The zero-order valence-electron chi connectivity index (χ0n) is 17.0. The number of carboxylic acid groups (broad SMARTS) is 1. The first-order valence-corrected chi connectivity index (χ1v) is 10.3. The molecular formula is C26H21NO4. The summed E-state index contributed by atoms with van der Waals surface area (Å²) in [6, 6.07) is 18.0. The summed E-state index contributed by atoms with van der Waals surface area (Å²) in [6.45, 7) is 2.06. The van der Waals surface area contributed by atoms with Gasteiger partial charge in [-0.1, -0.05) is 36.4 Å². The van der Waals surface area contributed by atoms with E-state index in [-0.39, 0.29) is 17.2 Å². The summed E-state index contributed by atoms with van der Waals surface area (Å²) in [6.07, 6.45) is 4.33. The first kappa shape index (κ1) is 19.1. The van der Waals surface area contributed by atoms with Crippen molar-refractivity contribution in [3.63, 3.8) is 0 Å². The normalized spacial score (nSPS) is 16.6. The Morgan fingerprint density at radius 1 is 1.06 bits per heavy atom. The molecule has 5 nitrogen and oxygen atoms in total. The second kappa shape index (κ2) is 7.13. The SMILES string of the molecule is Cc1cccc(C2CC2)c1/C=C1\C(=O)N(c2ccc(C(=O)O)c(O)c2)c2ccccc21. The van der Waals surface area contributed by atoms with Crippen molar-refractivity contribution in [2.24, 2.45) is 0 Å². The predicted molar refractivity (Wildman–Crippen MR) is 120 cm³/mol. The molecule has 0 atom stereocenters. The Morgan fingerprint density at radius 3 is 2.55 bits per heavy atom. The maximum atomic E-state index is 13.6. The van der Waals surface area contributed by atoms with Crippen molar-refractivity contribution in [1.82, 2.24) is 0 Å². The highest BCUT2D eigenvalue weighted by Crippen LogP contribution is 2.46. The summed E-state index contributed by atoms with van der Waals surface area (Å²) in [4.78, 5) is 26.3. The van der Waals surface area contributed by atoms with Gasteiger partial charge in [-0.05, 0) is 66.6 Å². The number of aromatic carboxylic acids is 1. The van der Waals surface area contributed by atoms with E-state index in [1.807, 2.05) is 30.3 Å². The Morgan fingerprint density at radius 2 is 1.84 bits per heavy atom. The Bertz CT molecular complexity index is 1270. The molecule has 0 spiro atoms. The quantitative estimate of drug-likeness (QED) is 0.556. The van der Waals surface area contributed by atoms with E-state index >= 15 is 0 Å². The van der Waals surface area contributed by atoms with Crippen LogP contribution in [0.1, 0.15) is 51.4 Å². The van der Waals surface area contributed by atoms with Crippen LogP contribution in [0.4, 0.5) is 11.4 Å². The fourth-order valence-corrected chi connectivity index (χ4v) is 4.27. The fraction of sp³-hybridized carbons (Fsp3) is 0.154. The first-order valence-electron chi connectivity index (χ1n) is 10.3. The number of fused-ring (bicyclic) bond motifs is 1. The summed E-state index contributed by atoms with van der Waals surface area (Å²) in [5.41, 5.74) is 5.84. The summed E-state index contributed by atoms with van der Waals surface area (Å²) in [7, 11) is 0. The number of carboxylic acids is 1. The van der Waals surface area contributed by atoms with Gasteiger partial charge in [0.05, 0.1) is 16.9 Å². The van der Waals surface area contributed by atoms with Gasteiger partial charge in [0.1, 0.15) is 11.3 Å². The van der Waals surface area contributed by atoms with Crippen LogP contribution in [0.3, 0.4) is 0 Å². The van der Waals surface area contributed by atoms with Crippen LogP contribution in [0, 0.1) is 6.92 Å². The number of carbonyl (C=O) groups is 2.